The highest BCUT2D eigenvalue weighted by molar-refractivity contribution is 5.22. The Balaban J connectivity index is 0.000000577. The molecule has 0 nitrogen and oxygen atoms in total. The van der Waals surface area contributed by atoms with E-state index in [2.05, 4.69) is 0 Å². The molecule has 0 aromatic heterocycles. The summed E-state index contributed by atoms with van der Waals surface area (Å²) in [5, 5.41) is 0. The molecule has 0 atom stereocenters. The Kier molecular flexibility index (Phi) is 5.35. The summed E-state index contributed by atoms with van der Waals surface area (Å²) >= 11 is 0. The first-order valence-electron chi connectivity index (χ1n) is 5.15. The third-order valence-corrected chi connectivity index (χ3v) is 2.62. The summed E-state index contributed by atoms with van der Waals surface area (Å²) in [4.78, 5) is 0. The van der Waals surface area contributed by atoms with Crippen LogP contribution in [-0.4, -0.2) is 47.9 Å². The van der Waals surface area contributed by atoms with Crippen molar-refractivity contribution in [1.29, 1.82) is 0 Å². The monoisotopic (exact) mass is 438 g/mol. The summed E-state index contributed by atoms with van der Waals surface area (Å²) < 4.78 is 207. The maximum Gasteiger partial charge on any atom is 0.460 e. The summed E-state index contributed by atoms with van der Waals surface area (Å²) in [7, 11) is 0. The topological polar surface area (TPSA) is 0 Å². The SMILES string of the molecule is FC(F)(F)C(F)(F)C(F)(F)C(F)(F)C(F)(F)F.FC1(F)C(F)(F)C1(F)F. The molecule has 0 spiro atoms. The van der Waals surface area contributed by atoms with E-state index in [-0.39, 0.29) is 0 Å². The van der Waals surface area contributed by atoms with Gasteiger partial charge in [0.25, 0.3) is 0 Å². The Bertz CT molecular complexity index is 448. The van der Waals surface area contributed by atoms with Gasteiger partial charge < -0.3 is 0 Å². The molecule has 0 unspecified atom stereocenters. The first kappa shape index (κ1) is 24.7. The van der Waals surface area contributed by atoms with E-state index in [0.717, 1.165) is 0 Å². The van der Waals surface area contributed by atoms with Gasteiger partial charge in [-0.05, 0) is 0 Å². The number of alkyl halides is 18. The lowest BCUT2D eigenvalue weighted by Gasteiger charge is -2.34. The zero-order chi connectivity index (χ0) is 22.0. The number of rotatable bonds is 2. The zero-order valence-corrected chi connectivity index (χ0v) is 10.8. The molecule has 0 bridgehead atoms. The van der Waals surface area contributed by atoms with E-state index in [1.54, 1.807) is 0 Å². The fraction of sp³-hybridized carbons (Fsp3) is 1.00. The van der Waals surface area contributed by atoms with Gasteiger partial charge >= 0.3 is 47.9 Å². The average Bonchev–Trinajstić information content (AvgIpc) is 2.62. The second-order valence-electron chi connectivity index (χ2n) is 4.44. The van der Waals surface area contributed by atoms with Crippen molar-refractivity contribution in [3.8, 4) is 0 Å². The molecular weight excluding hydrogens is 438 g/mol. The molecule has 0 aromatic carbocycles. The number of hydrogen-bond acceptors (Lipinski definition) is 0. The summed E-state index contributed by atoms with van der Waals surface area (Å²) in [5.74, 6) is -38.1. The summed E-state index contributed by atoms with van der Waals surface area (Å²) in [6.07, 6.45) is -14.5. The van der Waals surface area contributed by atoms with Gasteiger partial charge in [0.2, 0.25) is 0 Å². The molecular formula is C8F18. The zero-order valence-electron chi connectivity index (χ0n) is 10.8. The lowest BCUT2D eigenvalue weighted by atomic mass is 10.0. The molecule has 26 heavy (non-hydrogen) atoms. The minimum atomic E-state index is -7.66. The summed E-state index contributed by atoms with van der Waals surface area (Å²) in [5.41, 5.74) is 0. The molecule has 1 aliphatic rings. The van der Waals surface area contributed by atoms with E-state index < -0.39 is 47.9 Å². The van der Waals surface area contributed by atoms with Gasteiger partial charge in [-0.3, -0.25) is 0 Å². The highest BCUT2D eigenvalue weighted by Crippen LogP contribution is 2.68. The van der Waals surface area contributed by atoms with Gasteiger partial charge in [0.05, 0.1) is 0 Å². The van der Waals surface area contributed by atoms with Crippen molar-refractivity contribution in [1.82, 2.24) is 0 Å². The van der Waals surface area contributed by atoms with Gasteiger partial charge in [-0.25, -0.2) is 0 Å². The van der Waals surface area contributed by atoms with Gasteiger partial charge in [-0.15, -0.1) is 0 Å². The van der Waals surface area contributed by atoms with E-state index in [9.17, 15) is 79.0 Å². The van der Waals surface area contributed by atoms with Crippen molar-refractivity contribution in [3.63, 3.8) is 0 Å². The molecule has 0 aromatic rings. The Hall–Kier alpha value is -1.26. The molecule has 1 fully saturated rings. The summed E-state index contributed by atoms with van der Waals surface area (Å²) in [6, 6.07) is 0. The minimum absolute atomic E-state index is 5.12. The fourth-order valence-corrected chi connectivity index (χ4v) is 0.909. The lowest BCUT2D eigenvalue weighted by molar-refractivity contribution is -0.438. The quantitative estimate of drug-likeness (QED) is 0.470. The van der Waals surface area contributed by atoms with Crippen LogP contribution in [0.25, 0.3) is 0 Å². The fourth-order valence-electron chi connectivity index (χ4n) is 0.909. The normalized spacial score (nSPS) is 22.4. The van der Waals surface area contributed by atoms with Crippen molar-refractivity contribution >= 4 is 0 Å². The third kappa shape index (κ3) is 3.01. The van der Waals surface area contributed by atoms with Crippen molar-refractivity contribution in [2.45, 2.75) is 47.9 Å². The predicted octanol–water partition coefficient (Wildman–Crippen LogP) is 5.92. The van der Waals surface area contributed by atoms with Gasteiger partial charge in [0.1, 0.15) is 0 Å². The molecule has 0 saturated heterocycles. The van der Waals surface area contributed by atoms with Crippen molar-refractivity contribution < 1.29 is 79.0 Å². The van der Waals surface area contributed by atoms with Gasteiger partial charge in [-0.2, -0.15) is 79.0 Å². The maximum atomic E-state index is 12.0. The van der Waals surface area contributed by atoms with E-state index in [1.165, 1.54) is 0 Å². The van der Waals surface area contributed by atoms with Crippen LogP contribution in [0.2, 0.25) is 0 Å². The van der Waals surface area contributed by atoms with Crippen LogP contribution in [0.5, 0.6) is 0 Å². The van der Waals surface area contributed by atoms with Crippen LogP contribution in [0.3, 0.4) is 0 Å². The highest BCUT2D eigenvalue weighted by atomic mass is 19.4. The third-order valence-electron chi connectivity index (χ3n) is 2.62. The number of hydrogen-bond donors (Lipinski definition) is 0. The van der Waals surface area contributed by atoms with Gasteiger partial charge in [0, 0.05) is 0 Å². The van der Waals surface area contributed by atoms with Crippen LogP contribution >= 0.6 is 0 Å². The van der Waals surface area contributed by atoms with Crippen molar-refractivity contribution in [2.75, 3.05) is 0 Å². The predicted molar refractivity (Wildman–Crippen MR) is 41.8 cm³/mol. The first-order chi connectivity index (χ1) is 10.8. The minimum Gasteiger partial charge on any atom is -0.192 e. The second kappa shape index (κ2) is 5.62. The van der Waals surface area contributed by atoms with E-state index in [4.69, 9.17) is 0 Å². The van der Waals surface area contributed by atoms with Crippen molar-refractivity contribution in [3.05, 3.63) is 0 Å². The molecule has 1 rings (SSSR count). The molecule has 158 valence electrons. The van der Waals surface area contributed by atoms with Crippen LogP contribution in [0.15, 0.2) is 0 Å². The molecule has 0 N–H and O–H groups in total. The van der Waals surface area contributed by atoms with Crippen molar-refractivity contribution in [2.24, 2.45) is 0 Å². The van der Waals surface area contributed by atoms with Gasteiger partial charge in [-0.1, -0.05) is 0 Å². The average molecular weight is 438 g/mol. The van der Waals surface area contributed by atoms with Gasteiger partial charge in [0.15, 0.2) is 0 Å². The molecule has 1 aliphatic carbocycles. The molecule has 1 saturated carbocycles. The van der Waals surface area contributed by atoms with Crippen LogP contribution in [0.4, 0.5) is 79.0 Å². The Labute approximate surface area is 128 Å². The smallest absolute Gasteiger partial charge is 0.192 e. The van der Waals surface area contributed by atoms with Crippen LogP contribution in [0, 0.1) is 0 Å². The lowest BCUT2D eigenvalue weighted by Crippen LogP contribution is -2.65. The number of halogens is 18. The van der Waals surface area contributed by atoms with E-state index in [0.29, 0.717) is 0 Å². The van der Waals surface area contributed by atoms with Crippen LogP contribution in [-0.2, 0) is 0 Å². The molecule has 0 heterocycles. The van der Waals surface area contributed by atoms with E-state index in [1.807, 2.05) is 0 Å². The molecule has 0 amide bonds. The Morgan fingerprint density at radius 2 is 0.462 bits per heavy atom. The second-order valence-corrected chi connectivity index (χ2v) is 4.44. The maximum absolute atomic E-state index is 12.0. The van der Waals surface area contributed by atoms with Crippen LogP contribution in [0.1, 0.15) is 0 Å². The molecule has 18 heteroatoms. The van der Waals surface area contributed by atoms with Crippen LogP contribution < -0.4 is 0 Å². The van der Waals surface area contributed by atoms with E-state index >= 15 is 0 Å². The Morgan fingerprint density at radius 3 is 0.538 bits per heavy atom. The molecule has 0 radical (unpaired) electrons. The standard InChI is InChI=1S/C5F12.C3F6/c6-1(7,2(8,9)4(12,13)14)3(10,11)5(15,16)17;4-1(5)2(6,7)3(1,8)9. The first-order valence-corrected chi connectivity index (χ1v) is 5.15. The summed E-state index contributed by atoms with van der Waals surface area (Å²) in [6.45, 7) is 0. The largest absolute Gasteiger partial charge is 0.460 e. The highest BCUT2D eigenvalue weighted by Gasteiger charge is 3.01. The molecule has 0 aliphatic heterocycles. The Morgan fingerprint density at radius 1 is 0.308 bits per heavy atom.